The molecule has 146 valence electrons. The number of aryl methyl sites for hydroxylation is 2. The first-order chi connectivity index (χ1) is 12.1. The Morgan fingerprint density at radius 1 is 1.12 bits per heavy atom. The summed E-state index contributed by atoms with van der Waals surface area (Å²) in [5.74, 6) is 0.385. The zero-order chi connectivity index (χ0) is 19.5. The van der Waals surface area contributed by atoms with Gasteiger partial charge in [-0.2, -0.15) is 4.31 Å². The number of piperazine rings is 1. The Hall–Kier alpha value is -1.44. The van der Waals surface area contributed by atoms with Crippen molar-refractivity contribution in [3.05, 3.63) is 29.3 Å². The van der Waals surface area contributed by atoms with Gasteiger partial charge in [0.2, 0.25) is 15.9 Å². The van der Waals surface area contributed by atoms with Gasteiger partial charge in [0.25, 0.3) is 0 Å². The zero-order valence-electron chi connectivity index (χ0n) is 16.4. The highest BCUT2D eigenvalue weighted by molar-refractivity contribution is 7.89. The highest BCUT2D eigenvalue weighted by atomic mass is 32.2. The first-order valence-electron chi connectivity index (χ1n) is 9.20. The van der Waals surface area contributed by atoms with Crippen LogP contribution in [0.15, 0.2) is 23.1 Å². The van der Waals surface area contributed by atoms with E-state index in [0.717, 1.165) is 11.1 Å². The van der Waals surface area contributed by atoms with Gasteiger partial charge in [-0.1, -0.05) is 31.5 Å². The second-order valence-electron chi connectivity index (χ2n) is 7.55. The van der Waals surface area contributed by atoms with E-state index >= 15 is 0 Å². The van der Waals surface area contributed by atoms with E-state index < -0.39 is 10.0 Å². The van der Waals surface area contributed by atoms with E-state index in [1.54, 1.807) is 6.07 Å². The van der Waals surface area contributed by atoms with Crippen LogP contribution in [0.1, 0.15) is 31.9 Å². The molecule has 1 aliphatic heterocycles. The Balaban J connectivity index is 1.94. The van der Waals surface area contributed by atoms with E-state index in [2.05, 4.69) is 19.2 Å². The summed E-state index contributed by atoms with van der Waals surface area (Å²) in [6.45, 7) is 12.2. The number of carbonyl (C=O) groups excluding carboxylic acids is 1. The molecule has 1 atom stereocenters. The predicted octanol–water partition coefficient (Wildman–Crippen LogP) is 1.77. The number of rotatable bonds is 6. The van der Waals surface area contributed by atoms with E-state index in [4.69, 9.17) is 0 Å². The van der Waals surface area contributed by atoms with E-state index in [0.29, 0.717) is 43.5 Å². The van der Waals surface area contributed by atoms with Crippen LogP contribution in [0.3, 0.4) is 0 Å². The van der Waals surface area contributed by atoms with Crippen LogP contribution in [0.5, 0.6) is 0 Å². The molecule has 1 aliphatic rings. The summed E-state index contributed by atoms with van der Waals surface area (Å²) in [5.41, 5.74) is 1.82. The molecule has 1 aromatic rings. The summed E-state index contributed by atoms with van der Waals surface area (Å²) in [5, 5.41) is 2.99. The maximum Gasteiger partial charge on any atom is 0.243 e. The molecule has 0 spiro atoms. The molecule has 0 bridgehead atoms. The molecule has 1 heterocycles. The normalized spacial score (nSPS) is 18.1. The van der Waals surface area contributed by atoms with Crippen molar-refractivity contribution in [3.63, 3.8) is 0 Å². The quantitative estimate of drug-likeness (QED) is 0.815. The first kappa shape index (κ1) is 20.9. The number of hydrogen-bond donors (Lipinski definition) is 1. The van der Waals surface area contributed by atoms with Crippen molar-refractivity contribution in [1.29, 1.82) is 0 Å². The number of nitrogens with zero attached hydrogens (tertiary/aromatic N) is 2. The number of carbonyl (C=O) groups is 1. The van der Waals surface area contributed by atoms with Gasteiger partial charge in [-0.25, -0.2) is 8.42 Å². The van der Waals surface area contributed by atoms with Crippen molar-refractivity contribution < 1.29 is 13.2 Å². The van der Waals surface area contributed by atoms with Crippen LogP contribution >= 0.6 is 0 Å². The van der Waals surface area contributed by atoms with E-state index in [1.165, 1.54) is 4.31 Å². The van der Waals surface area contributed by atoms with Gasteiger partial charge >= 0.3 is 0 Å². The molecule has 7 heteroatoms. The second kappa shape index (κ2) is 8.50. The fourth-order valence-electron chi connectivity index (χ4n) is 3.03. The van der Waals surface area contributed by atoms with Gasteiger partial charge in [-0.3, -0.25) is 9.69 Å². The zero-order valence-corrected chi connectivity index (χ0v) is 17.3. The van der Waals surface area contributed by atoms with Crippen molar-refractivity contribution in [1.82, 2.24) is 14.5 Å². The molecule has 26 heavy (non-hydrogen) atoms. The second-order valence-corrected chi connectivity index (χ2v) is 9.46. The summed E-state index contributed by atoms with van der Waals surface area (Å²) in [6, 6.07) is 5.54. The van der Waals surface area contributed by atoms with Crippen molar-refractivity contribution in [2.24, 2.45) is 5.92 Å². The molecule has 1 fully saturated rings. The highest BCUT2D eigenvalue weighted by Crippen LogP contribution is 2.22. The molecular weight excluding hydrogens is 350 g/mol. The van der Waals surface area contributed by atoms with Crippen LogP contribution in [0.2, 0.25) is 0 Å². The molecule has 1 amide bonds. The van der Waals surface area contributed by atoms with Crippen LogP contribution in [0.4, 0.5) is 0 Å². The molecule has 0 unspecified atom stereocenters. The van der Waals surface area contributed by atoms with Gasteiger partial charge in [-0.15, -0.1) is 0 Å². The maximum atomic E-state index is 12.9. The van der Waals surface area contributed by atoms with Crippen molar-refractivity contribution in [3.8, 4) is 0 Å². The minimum atomic E-state index is -3.49. The van der Waals surface area contributed by atoms with Crippen LogP contribution < -0.4 is 5.32 Å². The molecule has 1 N–H and O–H groups in total. The van der Waals surface area contributed by atoms with Gasteiger partial charge in [-0.05, 0) is 38.3 Å². The number of benzene rings is 1. The molecule has 0 saturated carbocycles. The minimum absolute atomic E-state index is 0.00288. The van der Waals surface area contributed by atoms with Crippen LogP contribution in [-0.2, 0) is 14.8 Å². The molecule has 1 aromatic carbocycles. The molecule has 6 nitrogen and oxygen atoms in total. The fourth-order valence-corrected chi connectivity index (χ4v) is 4.65. The third-order valence-electron chi connectivity index (χ3n) is 5.04. The molecule has 0 aliphatic carbocycles. The van der Waals surface area contributed by atoms with Crippen molar-refractivity contribution in [2.45, 2.75) is 45.6 Å². The van der Waals surface area contributed by atoms with E-state index in [-0.39, 0.29) is 11.9 Å². The maximum absolute atomic E-state index is 12.9. The van der Waals surface area contributed by atoms with Crippen LogP contribution in [0, 0.1) is 19.8 Å². The van der Waals surface area contributed by atoms with Crippen LogP contribution in [-0.4, -0.2) is 62.3 Å². The Bertz CT molecular complexity index is 738. The lowest BCUT2D eigenvalue weighted by molar-refractivity contribution is -0.123. The number of sulfonamides is 1. The van der Waals surface area contributed by atoms with Gasteiger partial charge < -0.3 is 5.32 Å². The predicted molar refractivity (Wildman–Crippen MR) is 104 cm³/mol. The van der Waals surface area contributed by atoms with E-state index in [1.807, 2.05) is 37.8 Å². The van der Waals surface area contributed by atoms with Crippen LogP contribution in [0.25, 0.3) is 0 Å². The van der Waals surface area contributed by atoms with Gasteiger partial charge in [0.1, 0.15) is 0 Å². The summed E-state index contributed by atoms with van der Waals surface area (Å²) in [7, 11) is -3.49. The molecule has 0 aromatic heterocycles. The monoisotopic (exact) mass is 381 g/mol. The van der Waals surface area contributed by atoms with Crippen molar-refractivity contribution >= 4 is 15.9 Å². The fraction of sp³-hybridized carbons (Fsp3) is 0.632. The third-order valence-corrected chi connectivity index (χ3v) is 7.09. The Kier molecular flexibility index (Phi) is 6.82. The van der Waals surface area contributed by atoms with Gasteiger partial charge in [0.15, 0.2) is 0 Å². The Labute approximate surface area is 157 Å². The standard InChI is InChI=1S/C19H31N3O3S/c1-14(2)17(5)20-19(23)13-21-8-10-22(11-9-21)26(24,25)18-7-6-15(3)12-16(18)4/h6-7,12,14,17H,8-11,13H2,1-5H3,(H,20,23)/t17-/m1/s1. The largest absolute Gasteiger partial charge is 0.352 e. The molecular formula is C19H31N3O3S. The minimum Gasteiger partial charge on any atom is -0.352 e. The molecule has 1 saturated heterocycles. The lowest BCUT2D eigenvalue weighted by atomic mass is 10.1. The SMILES string of the molecule is Cc1ccc(S(=O)(=O)N2CCN(CC(=O)N[C@H](C)C(C)C)CC2)c(C)c1. The van der Waals surface area contributed by atoms with Gasteiger partial charge in [0.05, 0.1) is 11.4 Å². The number of amides is 1. The summed E-state index contributed by atoms with van der Waals surface area (Å²) >= 11 is 0. The van der Waals surface area contributed by atoms with E-state index in [9.17, 15) is 13.2 Å². The summed E-state index contributed by atoms with van der Waals surface area (Å²) in [6.07, 6.45) is 0. The lowest BCUT2D eigenvalue weighted by Crippen LogP contribution is -2.52. The average molecular weight is 382 g/mol. The highest BCUT2D eigenvalue weighted by Gasteiger charge is 2.30. The Morgan fingerprint density at radius 3 is 2.27 bits per heavy atom. The number of nitrogens with one attached hydrogen (secondary N) is 1. The summed E-state index contributed by atoms with van der Waals surface area (Å²) in [4.78, 5) is 14.5. The Morgan fingerprint density at radius 2 is 1.73 bits per heavy atom. The first-order valence-corrected chi connectivity index (χ1v) is 10.6. The molecule has 2 rings (SSSR count). The molecule has 0 radical (unpaired) electrons. The number of hydrogen-bond acceptors (Lipinski definition) is 4. The van der Waals surface area contributed by atoms with Gasteiger partial charge in [0, 0.05) is 32.2 Å². The van der Waals surface area contributed by atoms with Crippen molar-refractivity contribution in [2.75, 3.05) is 32.7 Å². The summed E-state index contributed by atoms with van der Waals surface area (Å²) < 4.78 is 27.3. The smallest absolute Gasteiger partial charge is 0.243 e. The average Bonchev–Trinajstić information content (AvgIpc) is 2.54. The topological polar surface area (TPSA) is 69.7 Å². The third kappa shape index (κ3) is 5.05. The lowest BCUT2D eigenvalue weighted by Gasteiger charge is -2.34.